The van der Waals surface area contributed by atoms with Crippen LogP contribution < -0.4 is 11.1 Å². The molecule has 1 rings (SSSR count). The van der Waals surface area contributed by atoms with Gasteiger partial charge in [0, 0.05) is 23.2 Å². The summed E-state index contributed by atoms with van der Waals surface area (Å²) in [4.78, 5) is 12.0. The number of anilines is 1. The van der Waals surface area contributed by atoms with Gasteiger partial charge in [0.1, 0.15) is 0 Å². The standard InChI is InChI=1S/C16H22N2O/c1-4-14-9-6-10-15(11-14)18-16(19)12(2)7-5-8-13(3)17/h1,6,9-13H,5,7-8,17H2,2-3H3,(H,18,19). The van der Waals surface area contributed by atoms with E-state index in [1.807, 2.05) is 32.0 Å². The first-order valence-electron chi connectivity index (χ1n) is 6.66. The molecule has 0 saturated heterocycles. The molecule has 1 aromatic carbocycles. The van der Waals surface area contributed by atoms with Gasteiger partial charge in [-0.2, -0.15) is 0 Å². The molecular formula is C16H22N2O. The van der Waals surface area contributed by atoms with Crippen molar-refractivity contribution in [2.24, 2.45) is 11.7 Å². The van der Waals surface area contributed by atoms with E-state index in [1.54, 1.807) is 6.07 Å². The monoisotopic (exact) mass is 258 g/mol. The lowest BCUT2D eigenvalue weighted by Gasteiger charge is -2.13. The Morgan fingerprint density at radius 2 is 2.16 bits per heavy atom. The number of hydrogen-bond donors (Lipinski definition) is 2. The van der Waals surface area contributed by atoms with Crippen LogP contribution in [0.3, 0.4) is 0 Å². The van der Waals surface area contributed by atoms with Crippen LogP contribution in [0.4, 0.5) is 5.69 Å². The largest absolute Gasteiger partial charge is 0.328 e. The highest BCUT2D eigenvalue weighted by Gasteiger charge is 2.13. The SMILES string of the molecule is C#Cc1cccc(NC(=O)C(C)CCCC(C)N)c1. The molecule has 19 heavy (non-hydrogen) atoms. The van der Waals surface area contributed by atoms with Gasteiger partial charge in [-0.15, -0.1) is 6.42 Å². The van der Waals surface area contributed by atoms with Crippen molar-refractivity contribution >= 4 is 11.6 Å². The summed E-state index contributed by atoms with van der Waals surface area (Å²) in [5, 5.41) is 2.89. The second kappa shape index (κ2) is 7.60. The highest BCUT2D eigenvalue weighted by Crippen LogP contribution is 2.14. The molecule has 102 valence electrons. The summed E-state index contributed by atoms with van der Waals surface area (Å²) in [6.45, 7) is 3.91. The van der Waals surface area contributed by atoms with Crippen LogP contribution in [-0.4, -0.2) is 11.9 Å². The molecule has 0 radical (unpaired) electrons. The van der Waals surface area contributed by atoms with Crippen molar-refractivity contribution in [2.75, 3.05) is 5.32 Å². The van der Waals surface area contributed by atoms with E-state index in [1.165, 1.54) is 0 Å². The molecule has 0 aliphatic heterocycles. The molecule has 3 nitrogen and oxygen atoms in total. The van der Waals surface area contributed by atoms with Gasteiger partial charge in [0.25, 0.3) is 0 Å². The van der Waals surface area contributed by atoms with Crippen molar-refractivity contribution in [3.05, 3.63) is 29.8 Å². The number of carbonyl (C=O) groups excluding carboxylic acids is 1. The first kappa shape index (κ1) is 15.3. The number of rotatable bonds is 6. The number of hydrogen-bond acceptors (Lipinski definition) is 2. The first-order chi connectivity index (χ1) is 9.02. The van der Waals surface area contributed by atoms with Gasteiger partial charge < -0.3 is 11.1 Å². The van der Waals surface area contributed by atoms with E-state index in [9.17, 15) is 4.79 Å². The Hall–Kier alpha value is -1.79. The number of benzene rings is 1. The van der Waals surface area contributed by atoms with Crippen molar-refractivity contribution in [2.45, 2.75) is 39.2 Å². The van der Waals surface area contributed by atoms with Crippen LogP contribution in [0.1, 0.15) is 38.7 Å². The number of nitrogens with one attached hydrogen (secondary N) is 1. The molecule has 2 unspecified atom stereocenters. The van der Waals surface area contributed by atoms with Crippen molar-refractivity contribution in [3.63, 3.8) is 0 Å². The highest BCUT2D eigenvalue weighted by molar-refractivity contribution is 5.92. The van der Waals surface area contributed by atoms with Crippen molar-refractivity contribution in [1.82, 2.24) is 0 Å². The summed E-state index contributed by atoms with van der Waals surface area (Å²) in [5.74, 6) is 2.56. The summed E-state index contributed by atoms with van der Waals surface area (Å²) in [7, 11) is 0. The second-order valence-electron chi connectivity index (χ2n) is 5.02. The van der Waals surface area contributed by atoms with Gasteiger partial charge in [-0.25, -0.2) is 0 Å². The lowest BCUT2D eigenvalue weighted by atomic mass is 10.0. The van der Waals surface area contributed by atoms with Gasteiger partial charge in [0.05, 0.1) is 0 Å². The molecule has 0 heterocycles. The van der Waals surface area contributed by atoms with Crippen LogP contribution in [0.25, 0.3) is 0 Å². The third-order valence-corrected chi connectivity index (χ3v) is 3.04. The minimum Gasteiger partial charge on any atom is -0.328 e. The molecular weight excluding hydrogens is 236 g/mol. The molecule has 0 aliphatic carbocycles. The van der Waals surface area contributed by atoms with Crippen LogP contribution in [0.5, 0.6) is 0 Å². The molecule has 2 atom stereocenters. The zero-order valence-corrected chi connectivity index (χ0v) is 11.6. The van der Waals surface area contributed by atoms with Gasteiger partial charge >= 0.3 is 0 Å². The van der Waals surface area contributed by atoms with Crippen LogP contribution >= 0.6 is 0 Å². The average molecular weight is 258 g/mol. The molecule has 0 fully saturated rings. The molecule has 0 bridgehead atoms. The molecule has 0 saturated carbocycles. The number of carbonyl (C=O) groups is 1. The Bertz CT molecular complexity index is 460. The highest BCUT2D eigenvalue weighted by atomic mass is 16.1. The minimum atomic E-state index is -0.0201. The fraction of sp³-hybridized carbons (Fsp3) is 0.438. The van der Waals surface area contributed by atoms with E-state index in [2.05, 4.69) is 11.2 Å². The van der Waals surface area contributed by atoms with Crippen LogP contribution in [-0.2, 0) is 4.79 Å². The second-order valence-corrected chi connectivity index (χ2v) is 5.02. The Labute approximate surface area is 115 Å². The lowest BCUT2D eigenvalue weighted by Crippen LogP contribution is -2.21. The van der Waals surface area contributed by atoms with Gasteiger partial charge in [0.2, 0.25) is 5.91 Å². The molecule has 0 aliphatic rings. The number of terminal acetylenes is 1. The van der Waals surface area contributed by atoms with Crippen molar-refractivity contribution in [3.8, 4) is 12.3 Å². The fourth-order valence-electron chi connectivity index (χ4n) is 1.83. The molecule has 1 aromatic rings. The van der Waals surface area contributed by atoms with Gasteiger partial charge in [-0.05, 0) is 38.0 Å². The maximum absolute atomic E-state index is 12.0. The van der Waals surface area contributed by atoms with Crippen LogP contribution in [0.15, 0.2) is 24.3 Å². The summed E-state index contributed by atoms with van der Waals surface area (Å²) >= 11 is 0. The topological polar surface area (TPSA) is 55.1 Å². The fourth-order valence-corrected chi connectivity index (χ4v) is 1.83. The Morgan fingerprint density at radius 1 is 1.42 bits per heavy atom. The normalized spacial score (nSPS) is 13.4. The summed E-state index contributed by atoms with van der Waals surface area (Å²) in [6, 6.07) is 7.51. The summed E-state index contributed by atoms with van der Waals surface area (Å²) in [5.41, 5.74) is 7.21. The summed E-state index contributed by atoms with van der Waals surface area (Å²) < 4.78 is 0. The molecule has 3 N–H and O–H groups in total. The zero-order valence-electron chi connectivity index (χ0n) is 11.6. The van der Waals surface area contributed by atoms with E-state index >= 15 is 0 Å². The Kier molecular flexibility index (Phi) is 6.11. The van der Waals surface area contributed by atoms with Crippen LogP contribution in [0, 0.1) is 18.3 Å². The number of amides is 1. The molecule has 0 spiro atoms. The number of nitrogens with two attached hydrogens (primary N) is 1. The third kappa shape index (κ3) is 5.58. The predicted molar refractivity (Wildman–Crippen MR) is 79.7 cm³/mol. The van der Waals surface area contributed by atoms with Gasteiger partial charge in [-0.1, -0.05) is 25.3 Å². The van der Waals surface area contributed by atoms with Crippen molar-refractivity contribution in [1.29, 1.82) is 0 Å². The van der Waals surface area contributed by atoms with Crippen LogP contribution in [0.2, 0.25) is 0 Å². The van der Waals surface area contributed by atoms with E-state index in [0.29, 0.717) is 0 Å². The first-order valence-corrected chi connectivity index (χ1v) is 6.66. The maximum atomic E-state index is 12.0. The lowest BCUT2D eigenvalue weighted by molar-refractivity contribution is -0.119. The Balaban J connectivity index is 2.47. The maximum Gasteiger partial charge on any atom is 0.227 e. The third-order valence-electron chi connectivity index (χ3n) is 3.04. The van der Waals surface area contributed by atoms with Gasteiger partial charge in [0.15, 0.2) is 0 Å². The molecule has 0 aromatic heterocycles. The Morgan fingerprint density at radius 3 is 2.79 bits per heavy atom. The summed E-state index contributed by atoms with van der Waals surface area (Å²) in [6.07, 6.45) is 8.10. The molecule has 3 heteroatoms. The van der Waals surface area contributed by atoms with E-state index in [-0.39, 0.29) is 17.9 Å². The predicted octanol–water partition coefficient (Wildman–Crippen LogP) is 2.76. The van der Waals surface area contributed by atoms with Crippen molar-refractivity contribution < 1.29 is 4.79 Å². The van der Waals surface area contributed by atoms with E-state index in [0.717, 1.165) is 30.5 Å². The zero-order chi connectivity index (χ0) is 14.3. The minimum absolute atomic E-state index is 0.0201. The van der Waals surface area contributed by atoms with E-state index < -0.39 is 0 Å². The average Bonchev–Trinajstić information content (AvgIpc) is 2.38. The van der Waals surface area contributed by atoms with Gasteiger partial charge in [-0.3, -0.25) is 4.79 Å². The molecule has 1 amide bonds. The smallest absolute Gasteiger partial charge is 0.227 e. The van der Waals surface area contributed by atoms with E-state index in [4.69, 9.17) is 12.2 Å². The quantitative estimate of drug-likeness (QED) is 0.771.